The number of aromatic nitrogens is 1. The van der Waals surface area contributed by atoms with Gasteiger partial charge in [-0.25, -0.2) is 0 Å². The third-order valence-electron chi connectivity index (χ3n) is 2.72. The Labute approximate surface area is 114 Å². The highest BCUT2D eigenvalue weighted by molar-refractivity contribution is 5.80. The van der Waals surface area contributed by atoms with E-state index in [0.29, 0.717) is 18.0 Å². The maximum absolute atomic E-state index is 11.7. The summed E-state index contributed by atoms with van der Waals surface area (Å²) in [6, 6.07) is 3.36. The number of carbonyl (C=O) groups is 1. The first-order valence-electron chi connectivity index (χ1n) is 6.67. The Hall–Kier alpha value is -1.62. The molecule has 1 unspecified atom stereocenters. The summed E-state index contributed by atoms with van der Waals surface area (Å²) in [6.45, 7) is 4.40. The van der Waals surface area contributed by atoms with Gasteiger partial charge in [-0.05, 0) is 25.5 Å². The van der Waals surface area contributed by atoms with Crippen LogP contribution in [0, 0.1) is 0 Å². The maximum Gasteiger partial charge on any atom is 0.260 e. The van der Waals surface area contributed by atoms with E-state index in [4.69, 9.17) is 9.84 Å². The first-order chi connectivity index (χ1) is 9.17. The molecule has 0 aliphatic rings. The van der Waals surface area contributed by atoms with E-state index in [-0.39, 0.29) is 12.5 Å². The number of unbranched alkanes of at least 4 members (excludes halogenated alkanes) is 2. The molecular weight excluding hydrogens is 244 g/mol. The van der Waals surface area contributed by atoms with Crippen LogP contribution in [0.3, 0.4) is 0 Å². The molecule has 1 atom stereocenters. The van der Waals surface area contributed by atoms with Crippen LogP contribution < -0.4 is 10.1 Å². The van der Waals surface area contributed by atoms with Gasteiger partial charge in [0.25, 0.3) is 5.91 Å². The zero-order valence-corrected chi connectivity index (χ0v) is 11.6. The van der Waals surface area contributed by atoms with Crippen molar-refractivity contribution in [2.45, 2.75) is 45.8 Å². The molecule has 0 bridgehead atoms. The predicted octanol–water partition coefficient (Wildman–Crippen LogP) is 1.65. The number of nitrogens with one attached hydrogen (secondary N) is 1. The molecule has 0 spiro atoms. The summed E-state index contributed by atoms with van der Waals surface area (Å²) in [5.74, 6) is 0.399. The third kappa shape index (κ3) is 5.70. The van der Waals surface area contributed by atoms with Crippen molar-refractivity contribution in [2.75, 3.05) is 6.54 Å². The predicted molar refractivity (Wildman–Crippen MR) is 72.8 cm³/mol. The van der Waals surface area contributed by atoms with Crippen LogP contribution in [-0.2, 0) is 11.4 Å². The van der Waals surface area contributed by atoms with Crippen molar-refractivity contribution in [1.82, 2.24) is 10.3 Å². The van der Waals surface area contributed by atoms with E-state index in [2.05, 4.69) is 17.2 Å². The molecule has 0 saturated carbocycles. The van der Waals surface area contributed by atoms with Gasteiger partial charge in [0.1, 0.15) is 5.75 Å². The number of hydrogen-bond acceptors (Lipinski definition) is 4. The molecule has 1 aromatic heterocycles. The van der Waals surface area contributed by atoms with Gasteiger partial charge in [-0.3, -0.25) is 9.78 Å². The van der Waals surface area contributed by atoms with Crippen molar-refractivity contribution >= 4 is 5.91 Å². The molecule has 0 fully saturated rings. The van der Waals surface area contributed by atoms with Crippen LogP contribution in [0.4, 0.5) is 0 Å². The lowest BCUT2D eigenvalue weighted by Gasteiger charge is -2.14. The topological polar surface area (TPSA) is 71.5 Å². The summed E-state index contributed by atoms with van der Waals surface area (Å²) >= 11 is 0. The van der Waals surface area contributed by atoms with Gasteiger partial charge in [0.2, 0.25) is 0 Å². The van der Waals surface area contributed by atoms with E-state index >= 15 is 0 Å². The highest BCUT2D eigenvalue weighted by Gasteiger charge is 2.13. The zero-order chi connectivity index (χ0) is 14.1. The lowest BCUT2D eigenvalue weighted by atomic mass is 10.2. The SMILES string of the molecule is CCCCCNC(=O)C(C)Oc1ccc(CO)nc1. The quantitative estimate of drug-likeness (QED) is 0.702. The average Bonchev–Trinajstić information content (AvgIpc) is 2.44. The van der Waals surface area contributed by atoms with Gasteiger partial charge in [0.05, 0.1) is 18.5 Å². The number of rotatable bonds is 8. The molecule has 19 heavy (non-hydrogen) atoms. The second-order valence-electron chi connectivity index (χ2n) is 4.40. The number of carbonyl (C=O) groups excluding carboxylic acids is 1. The van der Waals surface area contributed by atoms with Crippen LogP contribution in [0.1, 0.15) is 38.8 Å². The van der Waals surface area contributed by atoms with Crippen LogP contribution in [0.2, 0.25) is 0 Å². The van der Waals surface area contributed by atoms with Crippen molar-refractivity contribution in [1.29, 1.82) is 0 Å². The molecule has 106 valence electrons. The molecule has 0 radical (unpaired) electrons. The fourth-order valence-electron chi connectivity index (χ4n) is 1.56. The highest BCUT2D eigenvalue weighted by Crippen LogP contribution is 2.11. The van der Waals surface area contributed by atoms with Crippen LogP contribution in [-0.4, -0.2) is 28.6 Å². The molecule has 0 aliphatic carbocycles. The zero-order valence-electron chi connectivity index (χ0n) is 11.6. The second kappa shape index (κ2) is 8.48. The fourth-order valence-corrected chi connectivity index (χ4v) is 1.56. The normalized spacial score (nSPS) is 11.9. The van der Waals surface area contributed by atoms with Crippen molar-refractivity contribution in [3.05, 3.63) is 24.0 Å². The summed E-state index contributed by atoms with van der Waals surface area (Å²) in [5.41, 5.74) is 0.573. The standard InChI is InChI=1S/C14H22N2O3/c1-3-4-5-8-15-14(18)11(2)19-13-7-6-12(10-17)16-9-13/h6-7,9,11,17H,3-5,8,10H2,1-2H3,(H,15,18). The second-order valence-corrected chi connectivity index (χ2v) is 4.40. The Morgan fingerprint density at radius 2 is 2.26 bits per heavy atom. The summed E-state index contributed by atoms with van der Waals surface area (Å²) in [7, 11) is 0. The lowest BCUT2D eigenvalue weighted by Crippen LogP contribution is -2.36. The molecule has 1 rings (SSSR count). The lowest BCUT2D eigenvalue weighted by molar-refractivity contribution is -0.127. The Kier molecular flexibility index (Phi) is 6.89. The first kappa shape index (κ1) is 15.4. The highest BCUT2D eigenvalue weighted by atomic mass is 16.5. The van der Waals surface area contributed by atoms with Crippen LogP contribution >= 0.6 is 0 Å². The van der Waals surface area contributed by atoms with Gasteiger partial charge in [0, 0.05) is 6.54 Å². The van der Waals surface area contributed by atoms with E-state index < -0.39 is 6.10 Å². The van der Waals surface area contributed by atoms with Gasteiger partial charge in [-0.1, -0.05) is 19.8 Å². The van der Waals surface area contributed by atoms with Crippen LogP contribution in [0.15, 0.2) is 18.3 Å². The van der Waals surface area contributed by atoms with Crippen molar-refractivity contribution in [3.8, 4) is 5.75 Å². The van der Waals surface area contributed by atoms with Gasteiger partial charge in [0.15, 0.2) is 6.10 Å². The minimum atomic E-state index is -0.552. The number of ether oxygens (including phenoxy) is 1. The molecule has 1 heterocycles. The fraction of sp³-hybridized carbons (Fsp3) is 0.571. The minimum absolute atomic E-state index is 0.103. The molecule has 5 nitrogen and oxygen atoms in total. The van der Waals surface area contributed by atoms with Gasteiger partial charge in [-0.15, -0.1) is 0 Å². The molecule has 1 aromatic rings. The third-order valence-corrected chi connectivity index (χ3v) is 2.72. The Morgan fingerprint density at radius 1 is 1.47 bits per heavy atom. The van der Waals surface area contributed by atoms with E-state index in [9.17, 15) is 4.79 Å². The van der Waals surface area contributed by atoms with Gasteiger partial charge < -0.3 is 15.2 Å². The number of aliphatic hydroxyl groups excluding tert-OH is 1. The Morgan fingerprint density at radius 3 is 2.84 bits per heavy atom. The first-order valence-corrected chi connectivity index (χ1v) is 6.67. The number of nitrogens with zero attached hydrogens (tertiary/aromatic N) is 1. The average molecular weight is 266 g/mol. The number of pyridine rings is 1. The summed E-state index contributed by atoms with van der Waals surface area (Å²) in [5, 5.41) is 11.7. The Balaban J connectivity index is 2.35. The largest absolute Gasteiger partial charge is 0.479 e. The van der Waals surface area contributed by atoms with E-state index in [0.717, 1.165) is 19.3 Å². The summed E-state index contributed by atoms with van der Waals surface area (Å²) in [6.07, 6.45) is 4.18. The molecule has 5 heteroatoms. The molecular formula is C14H22N2O3. The van der Waals surface area contributed by atoms with Crippen molar-refractivity contribution in [3.63, 3.8) is 0 Å². The molecule has 0 aliphatic heterocycles. The van der Waals surface area contributed by atoms with E-state index in [1.165, 1.54) is 6.20 Å². The van der Waals surface area contributed by atoms with Gasteiger partial charge >= 0.3 is 0 Å². The summed E-state index contributed by atoms with van der Waals surface area (Å²) < 4.78 is 5.48. The Bertz CT molecular complexity index is 379. The molecule has 0 saturated heterocycles. The number of hydrogen-bond donors (Lipinski definition) is 2. The number of aliphatic hydroxyl groups is 1. The molecule has 0 aromatic carbocycles. The summed E-state index contributed by atoms with van der Waals surface area (Å²) in [4.78, 5) is 15.7. The van der Waals surface area contributed by atoms with Crippen molar-refractivity contribution in [2.24, 2.45) is 0 Å². The van der Waals surface area contributed by atoms with Crippen LogP contribution in [0.5, 0.6) is 5.75 Å². The maximum atomic E-state index is 11.7. The van der Waals surface area contributed by atoms with Gasteiger partial charge in [-0.2, -0.15) is 0 Å². The molecule has 1 amide bonds. The molecule has 2 N–H and O–H groups in total. The van der Waals surface area contributed by atoms with Crippen LogP contribution in [0.25, 0.3) is 0 Å². The minimum Gasteiger partial charge on any atom is -0.479 e. The number of amides is 1. The van der Waals surface area contributed by atoms with E-state index in [1.54, 1.807) is 19.1 Å². The smallest absolute Gasteiger partial charge is 0.260 e. The van der Waals surface area contributed by atoms with E-state index in [1.807, 2.05) is 0 Å². The van der Waals surface area contributed by atoms with Crippen molar-refractivity contribution < 1.29 is 14.6 Å². The monoisotopic (exact) mass is 266 g/mol.